The summed E-state index contributed by atoms with van der Waals surface area (Å²) >= 11 is 0. The number of rotatable bonds is 9. The first-order valence-electron chi connectivity index (χ1n) is 10.6. The van der Waals surface area contributed by atoms with Gasteiger partial charge in [0.1, 0.15) is 5.82 Å². The van der Waals surface area contributed by atoms with E-state index in [9.17, 15) is 19.3 Å². The molecular formula is C23H29FN4O3. The molecule has 0 aliphatic carbocycles. The molecule has 1 fully saturated rings. The number of nitro benzene ring substituents is 1. The summed E-state index contributed by atoms with van der Waals surface area (Å²) in [6.07, 6.45) is 4.87. The summed E-state index contributed by atoms with van der Waals surface area (Å²) in [6.45, 7) is 2.27. The zero-order chi connectivity index (χ0) is 22.4. The fraction of sp³-hybridized carbons (Fsp3) is 0.435. The third kappa shape index (κ3) is 6.08. The zero-order valence-corrected chi connectivity index (χ0v) is 17.9. The first kappa shape index (κ1) is 22.8. The van der Waals surface area contributed by atoms with Gasteiger partial charge in [-0.15, -0.1) is 0 Å². The maximum atomic E-state index is 13.1. The molecule has 3 rings (SSSR count). The van der Waals surface area contributed by atoms with Crippen LogP contribution in [0.5, 0.6) is 0 Å². The minimum Gasteiger partial charge on any atom is -0.342 e. The Bertz CT molecular complexity index is 920. The van der Waals surface area contributed by atoms with E-state index in [0.717, 1.165) is 37.7 Å². The van der Waals surface area contributed by atoms with Crippen LogP contribution < -0.4 is 10.9 Å². The Morgan fingerprint density at radius 3 is 2.61 bits per heavy atom. The van der Waals surface area contributed by atoms with Crippen molar-refractivity contribution in [3.8, 4) is 0 Å². The van der Waals surface area contributed by atoms with Crippen LogP contribution in [-0.2, 0) is 0 Å². The van der Waals surface area contributed by atoms with Crippen LogP contribution in [0, 0.1) is 22.9 Å². The standard InChI is InChI=1S/C23H29FN4O3/c1-16-7-8-18(14-22(16)28(30)31)23(29)27(2)13-5-3-4-6-20-15-21(26-25-20)17-9-11-19(24)12-10-17/h7-12,14,20-21,25-26H,3-6,13,15H2,1-2H3. The molecule has 2 atom stereocenters. The minimum absolute atomic E-state index is 0.0316. The smallest absolute Gasteiger partial charge is 0.273 e. The molecule has 0 saturated carbocycles. The van der Waals surface area contributed by atoms with Gasteiger partial charge in [0.05, 0.1) is 4.92 Å². The number of hydrogen-bond acceptors (Lipinski definition) is 5. The Kier molecular flexibility index (Phi) is 7.70. The van der Waals surface area contributed by atoms with E-state index in [1.54, 1.807) is 31.0 Å². The van der Waals surface area contributed by atoms with Gasteiger partial charge < -0.3 is 4.90 Å². The second kappa shape index (κ2) is 10.5. The van der Waals surface area contributed by atoms with Gasteiger partial charge in [0, 0.05) is 42.9 Å². The van der Waals surface area contributed by atoms with E-state index in [-0.39, 0.29) is 23.5 Å². The number of benzene rings is 2. The van der Waals surface area contributed by atoms with Gasteiger partial charge >= 0.3 is 0 Å². The van der Waals surface area contributed by atoms with Crippen LogP contribution in [0.3, 0.4) is 0 Å². The number of nitrogens with one attached hydrogen (secondary N) is 2. The molecule has 1 aliphatic rings. The maximum Gasteiger partial charge on any atom is 0.273 e. The number of halogens is 1. The Morgan fingerprint density at radius 1 is 1.16 bits per heavy atom. The molecule has 2 aromatic carbocycles. The largest absolute Gasteiger partial charge is 0.342 e. The Hall–Kier alpha value is -2.84. The van der Waals surface area contributed by atoms with Gasteiger partial charge in [-0.2, -0.15) is 0 Å². The maximum absolute atomic E-state index is 13.1. The number of hydrogen-bond donors (Lipinski definition) is 2. The summed E-state index contributed by atoms with van der Waals surface area (Å²) < 4.78 is 13.1. The average Bonchev–Trinajstić information content (AvgIpc) is 3.22. The fourth-order valence-electron chi connectivity index (χ4n) is 3.90. The number of unbranched alkanes of at least 4 members (excludes halogenated alkanes) is 2. The number of amides is 1. The molecule has 0 spiro atoms. The highest BCUT2D eigenvalue weighted by molar-refractivity contribution is 5.94. The summed E-state index contributed by atoms with van der Waals surface area (Å²) in [5.74, 6) is -0.429. The summed E-state index contributed by atoms with van der Waals surface area (Å²) in [6, 6.07) is 11.7. The topological polar surface area (TPSA) is 87.5 Å². The number of hydrazine groups is 1. The lowest BCUT2D eigenvalue weighted by molar-refractivity contribution is -0.385. The van der Waals surface area contributed by atoms with Crippen molar-refractivity contribution in [2.45, 2.75) is 51.1 Å². The number of nitro groups is 1. The monoisotopic (exact) mass is 428 g/mol. The summed E-state index contributed by atoms with van der Waals surface area (Å²) in [4.78, 5) is 24.8. The molecule has 1 heterocycles. The van der Waals surface area contributed by atoms with E-state index < -0.39 is 4.92 Å². The first-order valence-corrected chi connectivity index (χ1v) is 10.6. The summed E-state index contributed by atoms with van der Waals surface area (Å²) in [7, 11) is 1.73. The van der Waals surface area contributed by atoms with Crippen molar-refractivity contribution in [2.24, 2.45) is 0 Å². The normalized spacial score (nSPS) is 18.2. The van der Waals surface area contributed by atoms with Crippen LogP contribution in [0.1, 0.15) is 59.6 Å². The van der Waals surface area contributed by atoms with Crippen molar-refractivity contribution in [2.75, 3.05) is 13.6 Å². The molecule has 2 unspecified atom stereocenters. The van der Waals surface area contributed by atoms with Crippen LogP contribution in [-0.4, -0.2) is 35.4 Å². The highest BCUT2D eigenvalue weighted by Crippen LogP contribution is 2.25. The Morgan fingerprint density at radius 2 is 1.90 bits per heavy atom. The predicted octanol–water partition coefficient (Wildman–Crippen LogP) is 4.28. The number of aryl methyl sites for hydroxylation is 1. The quantitative estimate of drug-likeness (QED) is 0.354. The molecule has 1 aliphatic heterocycles. The fourth-order valence-corrected chi connectivity index (χ4v) is 3.90. The van der Waals surface area contributed by atoms with Crippen molar-refractivity contribution < 1.29 is 14.1 Å². The van der Waals surface area contributed by atoms with Gasteiger partial charge in [-0.05, 0) is 49.9 Å². The molecular weight excluding hydrogens is 399 g/mol. The summed E-state index contributed by atoms with van der Waals surface area (Å²) in [5, 5.41) is 11.1. The van der Waals surface area contributed by atoms with Crippen molar-refractivity contribution in [3.63, 3.8) is 0 Å². The zero-order valence-electron chi connectivity index (χ0n) is 17.9. The van der Waals surface area contributed by atoms with Gasteiger partial charge in [-0.3, -0.25) is 25.8 Å². The van der Waals surface area contributed by atoms with E-state index in [2.05, 4.69) is 10.9 Å². The van der Waals surface area contributed by atoms with Crippen LogP contribution in [0.2, 0.25) is 0 Å². The van der Waals surface area contributed by atoms with Crippen LogP contribution in [0.15, 0.2) is 42.5 Å². The minimum atomic E-state index is -0.460. The lowest BCUT2D eigenvalue weighted by Gasteiger charge is -2.17. The average molecular weight is 429 g/mol. The second-order valence-corrected chi connectivity index (χ2v) is 8.16. The van der Waals surface area contributed by atoms with Crippen LogP contribution >= 0.6 is 0 Å². The highest BCUT2D eigenvalue weighted by Gasteiger charge is 2.24. The molecule has 1 saturated heterocycles. The second-order valence-electron chi connectivity index (χ2n) is 8.16. The lowest BCUT2D eigenvalue weighted by atomic mass is 9.99. The predicted molar refractivity (Wildman–Crippen MR) is 117 cm³/mol. The SMILES string of the molecule is Cc1ccc(C(=O)N(C)CCCCCC2CC(c3ccc(F)cc3)NN2)cc1[N+](=O)[O-]. The van der Waals surface area contributed by atoms with Crippen molar-refractivity contribution in [3.05, 3.63) is 75.1 Å². The number of carbonyl (C=O) groups excluding carboxylic acids is 1. The number of carbonyl (C=O) groups is 1. The van der Waals surface area contributed by atoms with Crippen molar-refractivity contribution in [1.82, 2.24) is 15.8 Å². The van der Waals surface area contributed by atoms with Gasteiger partial charge in [-0.1, -0.05) is 31.0 Å². The van der Waals surface area contributed by atoms with E-state index >= 15 is 0 Å². The lowest BCUT2D eigenvalue weighted by Crippen LogP contribution is -2.30. The van der Waals surface area contributed by atoms with E-state index in [1.807, 2.05) is 12.1 Å². The van der Waals surface area contributed by atoms with E-state index in [4.69, 9.17) is 0 Å². The Labute approximate surface area is 181 Å². The van der Waals surface area contributed by atoms with E-state index in [1.165, 1.54) is 18.2 Å². The van der Waals surface area contributed by atoms with Gasteiger partial charge in [0.2, 0.25) is 0 Å². The van der Waals surface area contributed by atoms with Crippen LogP contribution in [0.4, 0.5) is 10.1 Å². The molecule has 0 radical (unpaired) electrons. The van der Waals surface area contributed by atoms with Crippen molar-refractivity contribution in [1.29, 1.82) is 0 Å². The molecule has 1 amide bonds. The Balaban J connectivity index is 1.37. The molecule has 2 aromatic rings. The van der Waals surface area contributed by atoms with Gasteiger partial charge in [0.25, 0.3) is 11.6 Å². The molecule has 7 nitrogen and oxygen atoms in total. The molecule has 31 heavy (non-hydrogen) atoms. The molecule has 166 valence electrons. The van der Waals surface area contributed by atoms with Crippen molar-refractivity contribution >= 4 is 11.6 Å². The third-order valence-corrected chi connectivity index (χ3v) is 5.80. The van der Waals surface area contributed by atoms with Gasteiger partial charge in [-0.25, -0.2) is 4.39 Å². The first-order chi connectivity index (χ1) is 14.8. The number of nitrogens with zero attached hydrogens (tertiary/aromatic N) is 2. The van der Waals surface area contributed by atoms with Gasteiger partial charge in [0.15, 0.2) is 0 Å². The molecule has 0 aromatic heterocycles. The molecule has 8 heteroatoms. The van der Waals surface area contributed by atoms with Crippen LogP contribution in [0.25, 0.3) is 0 Å². The van der Waals surface area contributed by atoms with E-state index in [0.29, 0.717) is 23.7 Å². The molecule has 0 bridgehead atoms. The highest BCUT2D eigenvalue weighted by atomic mass is 19.1. The third-order valence-electron chi connectivity index (χ3n) is 5.80. The summed E-state index contributed by atoms with van der Waals surface area (Å²) in [5.41, 5.74) is 8.52. The molecule has 2 N–H and O–H groups in total.